The fraction of sp³-hybridized carbons (Fsp3) is 0.294. The molecular formula is C17H18ClN. The molecule has 0 aromatic heterocycles. The van der Waals surface area contributed by atoms with E-state index < -0.39 is 0 Å². The van der Waals surface area contributed by atoms with Gasteiger partial charge in [0.2, 0.25) is 0 Å². The van der Waals surface area contributed by atoms with E-state index in [4.69, 9.17) is 11.6 Å². The molecule has 2 aromatic carbocycles. The Morgan fingerprint density at radius 2 is 1.84 bits per heavy atom. The number of benzene rings is 2. The predicted octanol–water partition coefficient (Wildman–Crippen LogP) is 5.21. The molecule has 0 bridgehead atoms. The van der Waals surface area contributed by atoms with Gasteiger partial charge in [0.1, 0.15) is 0 Å². The van der Waals surface area contributed by atoms with Crippen LogP contribution in [0, 0.1) is 12.8 Å². The zero-order valence-electron chi connectivity index (χ0n) is 11.1. The normalized spacial score (nSPS) is 16.1. The molecule has 0 radical (unpaired) electrons. The van der Waals surface area contributed by atoms with Gasteiger partial charge in [-0.3, -0.25) is 0 Å². The highest BCUT2D eigenvalue weighted by Crippen LogP contribution is 2.43. The second-order valence-corrected chi connectivity index (χ2v) is 5.82. The van der Waals surface area contributed by atoms with Gasteiger partial charge in [-0.1, -0.05) is 35.9 Å². The van der Waals surface area contributed by atoms with Crippen molar-refractivity contribution in [2.24, 2.45) is 5.92 Å². The van der Waals surface area contributed by atoms with Crippen LogP contribution >= 0.6 is 11.6 Å². The molecule has 2 heteroatoms. The molecule has 19 heavy (non-hydrogen) atoms. The van der Waals surface area contributed by atoms with Gasteiger partial charge in [0.25, 0.3) is 0 Å². The molecule has 98 valence electrons. The monoisotopic (exact) mass is 271 g/mol. The minimum absolute atomic E-state index is 0.402. The summed E-state index contributed by atoms with van der Waals surface area (Å²) in [5, 5.41) is 4.47. The van der Waals surface area contributed by atoms with Gasteiger partial charge >= 0.3 is 0 Å². The molecule has 1 fully saturated rings. The van der Waals surface area contributed by atoms with Gasteiger partial charge in [-0.15, -0.1) is 0 Å². The molecule has 0 spiro atoms. The van der Waals surface area contributed by atoms with Gasteiger partial charge in [0.05, 0.1) is 6.04 Å². The summed E-state index contributed by atoms with van der Waals surface area (Å²) >= 11 is 5.97. The lowest BCUT2D eigenvalue weighted by molar-refractivity contribution is 0.679. The van der Waals surface area contributed by atoms with Gasteiger partial charge in [-0.2, -0.15) is 0 Å². The fourth-order valence-corrected chi connectivity index (χ4v) is 2.61. The Bertz CT molecular complexity index is 558. The van der Waals surface area contributed by atoms with Crippen LogP contribution in [0.15, 0.2) is 48.5 Å². The molecule has 1 saturated carbocycles. The first-order valence-electron chi connectivity index (χ1n) is 6.81. The lowest BCUT2D eigenvalue weighted by atomic mass is 10.0. The van der Waals surface area contributed by atoms with Crippen LogP contribution in [0.25, 0.3) is 0 Å². The van der Waals surface area contributed by atoms with Gasteiger partial charge < -0.3 is 5.32 Å². The minimum atomic E-state index is 0.402. The summed E-state index contributed by atoms with van der Waals surface area (Å²) in [4.78, 5) is 0. The topological polar surface area (TPSA) is 12.0 Å². The van der Waals surface area contributed by atoms with Crippen LogP contribution in [0.2, 0.25) is 5.02 Å². The van der Waals surface area contributed by atoms with Crippen molar-refractivity contribution in [1.82, 2.24) is 0 Å². The Labute approximate surface area is 119 Å². The minimum Gasteiger partial charge on any atom is -0.378 e. The van der Waals surface area contributed by atoms with E-state index in [1.165, 1.54) is 29.7 Å². The van der Waals surface area contributed by atoms with E-state index in [0.29, 0.717) is 6.04 Å². The number of rotatable bonds is 4. The maximum Gasteiger partial charge on any atom is 0.0542 e. The third kappa shape index (κ3) is 3.10. The van der Waals surface area contributed by atoms with E-state index in [9.17, 15) is 0 Å². The summed E-state index contributed by atoms with van der Waals surface area (Å²) in [6, 6.07) is 17.2. The lowest BCUT2D eigenvalue weighted by Crippen LogP contribution is -2.12. The molecule has 1 aliphatic rings. The number of hydrogen-bond donors (Lipinski definition) is 1. The molecule has 0 heterocycles. The zero-order chi connectivity index (χ0) is 13.2. The van der Waals surface area contributed by atoms with Crippen LogP contribution in [0.1, 0.15) is 30.0 Å². The Balaban J connectivity index is 1.83. The summed E-state index contributed by atoms with van der Waals surface area (Å²) in [6.45, 7) is 2.12. The van der Waals surface area contributed by atoms with Crippen LogP contribution in [0.4, 0.5) is 5.69 Å². The van der Waals surface area contributed by atoms with Crippen molar-refractivity contribution in [1.29, 1.82) is 0 Å². The Morgan fingerprint density at radius 1 is 1.11 bits per heavy atom. The summed E-state index contributed by atoms with van der Waals surface area (Å²) in [6.07, 6.45) is 2.62. The maximum atomic E-state index is 5.97. The van der Waals surface area contributed by atoms with Gasteiger partial charge in [0, 0.05) is 10.7 Å². The van der Waals surface area contributed by atoms with Crippen molar-refractivity contribution in [2.45, 2.75) is 25.8 Å². The Kier molecular flexibility index (Phi) is 3.48. The maximum absolute atomic E-state index is 5.97. The van der Waals surface area contributed by atoms with Gasteiger partial charge in [-0.05, 0) is 61.1 Å². The van der Waals surface area contributed by atoms with E-state index in [0.717, 1.165) is 10.9 Å². The summed E-state index contributed by atoms with van der Waals surface area (Å²) in [5.74, 6) is 0.752. The number of anilines is 1. The first-order valence-corrected chi connectivity index (χ1v) is 7.19. The SMILES string of the molecule is Cc1cccc(NC(c2ccc(Cl)cc2)C2CC2)c1. The largest absolute Gasteiger partial charge is 0.378 e. The lowest BCUT2D eigenvalue weighted by Gasteiger charge is -2.20. The molecule has 1 unspecified atom stereocenters. The third-order valence-electron chi connectivity index (χ3n) is 3.66. The van der Waals surface area contributed by atoms with Crippen LogP contribution < -0.4 is 5.32 Å². The molecule has 1 nitrogen and oxygen atoms in total. The van der Waals surface area contributed by atoms with E-state index in [2.05, 4.69) is 48.6 Å². The van der Waals surface area contributed by atoms with E-state index in [1.54, 1.807) is 0 Å². The molecule has 0 aliphatic heterocycles. The van der Waals surface area contributed by atoms with E-state index >= 15 is 0 Å². The standard InChI is InChI=1S/C17H18ClN/c1-12-3-2-4-16(11-12)19-17(13-5-6-13)14-7-9-15(18)10-8-14/h2-4,7-11,13,17,19H,5-6H2,1H3. The Morgan fingerprint density at radius 3 is 2.47 bits per heavy atom. The molecular weight excluding hydrogens is 254 g/mol. The second-order valence-electron chi connectivity index (χ2n) is 5.38. The van der Waals surface area contributed by atoms with Crippen molar-refractivity contribution >= 4 is 17.3 Å². The number of halogens is 1. The van der Waals surface area contributed by atoms with Crippen molar-refractivity contribution in [3.05, 3.63) is 64.7 Å². The van der Waals surface area contributed by atoms with Crippen LogP contribution in [-0.2, 0) is 0 Å². The summed E-state index contributed by atoms with van der Waals surface area (Å²) in [5.41, 5.74) is 3.82. The highest BCUT2D eigenvalue weighted by atomic mass is 35.5. The van der Waals surface area contributed by atoms with Crippen molar-refractivity contribution in [3.8, 4) is 0 Å². The van der Waals surface area contributed by atoms with E-state index in [-0.39, 0.29) is 0 Å². The van der Waals surface area contributed by atoms with Crippen LogP contribution in [-0.4, -0.2) is 0 Å². The highest BCUT2D eigenvalue weighted by Gasteiger charge is 2.32. The van der Waals surface area contributed by atoms with Crippen molar-refractivity contribution < 1.29 is 0 Å². The quantitative estimate of drug-likeness (QED) is 0.805. The fourth-order valence-electron chi connectivity index (χ4n) is 2.49. The first kappa shape index (κ1) is 12.6. The van der Waals surface area contributed by atoms with Crippen LogP contribution in [0.5, 0.6) is 0 Å². The molecule has 0 amide bonds. The Hall–Kier alpha value is -1.47. The number of nitrogens with one attached hydrogen (secondary N) is 1. The number of hydrogen-bond acceptors (Lipinski definition) is 1. The molecule has 1 aliphatic carbocycles. The van der Waals surface area contributed by atoms with Gasteiger partial charge in [0.15, 0.2) is 0 Å². The number of aryl methyl sites for hydroxylation is 1. The zero-order valence-corrected chi connectivity index (χ0v) is 11.8. The highest BCUT2D eigenvalue weighted by molar-refractivity contribution is 6.30. The average Bonchev–Trinajstić information content (AvgIpc) is 3.22. The van der Waals surface area contributed by atoms with Gasteiger partial charge in [-0.25, -0.2) is 0 Å². The van der Waals surface area contributed by atoms with Crippen molar-refractivity contribution in [2.75, 3.05) is 5.32 Å². The smallest absolute Gasteiger partial charge is 0.0542 e. The van der Waals surface area contributed by atoms with Crippen molar-refractivity contribution in [3.63, 3.8) is 0 Å². The second kappa shape index (κ2) is 5.26. The average molecular weight is 272 g/mol. The first-order chi connectivity index (χ1) is 9.22. The predicted molar refractivity (Wildman–Crippen MR) is 81.7 cm³/mol. The molecule has 1 N–H and O–H groups in total. The third-order valence-corrected chi connectivity index (χ3v) is 3.91. The molecule has 3 rings (SSSR count). The summed E-state index contributed by atoms with van der Waals surface area (Å²) < 4.78 is 0. The summed E-state index contributed by atoms with van der Waals surface area (Å²) in [7, 11) is 0. The van der Waals surface area contributed by atoms with Crippen LogP contribution in [0.3, 0.4) is 0 Å². The van der Waals surface area contributed by atoms with E-state index in [1.807, 2.05) is 12.1 Å². The molecule has 2 aromatic rings. The molecule has 1 atom stereocenters. The molecule has 0 saturated heterocycles.